The van der Waals surface area contributed by atoms with E-state index >= 15 is 0 Å². The lowest BCUT2D eigenvalue weighted by molar-refractivity contribution is 0.413. The summed E-state index contributed by atoms with van der Waals surface area (Å²) in [6, 6.07) is 14.7. The first-order chi connectivity index (χ1) is 10.6. The van der Waals surface area contributed by atoms with Crippen molar-refractivity contribution in [1.29, 1.82) is 0 Å². The van der Waals surface area contributed by atoms with Gasteiger partial charge in [0.05, 0.1) is 12.2 Å². The number of hydrogen-bond acceptors (Lipinski definition) is 5. The summed E-state index contributed by atoms with van der Waals surface area (Å²) >= 11 is 0. The van der Waals surface area contributed by atoms with Crippen LogP contribution in [-0.2, 0) is 22.3 Å². The van der Waals surface area contributed by atoms with Gasteiger partial charge in [-0.3, -0.25) is 0 Å². The van der Waals surface area contributed by atoms with Crippen molar-refractivity contribution in [2.45, 2.75) is 12.3 Å². The summed E-state index contributed by atoms with van der Waals surface area (Å²) in [5, 5.41) is 3.58. The van der Waals surface area contributed by atoms with Gasteiger partial charge in [0.1, 0.15) is 23.5 Å². The molecule has 6 nitrogen and oxygen atoms in total. The topological polar surface area (TPSA) is 85.3 Å². The van der Waals surface area contributed by atoms with Gasteiger partial charge < -0.3 is 8.94 Å². The highest BCUT2D eigenvalue weighted by Gasteiger charge is 2.14. The van der Waals surface area contributed by atoms with E-state index in [0.717, 1.165) is 5.56 Å². The van der Waals surface area contributed by atoms with Crippen molar-refractivity contribution in [3.8, 4) is 11.3 Å². The van der Waals surface area contributed by atoms with Crippen molar-refractivity contribution >= 4 is 10.0 Å². The van der Waals surface area contributed by atoms with Crippen LogP contribution in [0.15, 0.2) is 63.7 Å². The summed E-state index contributed by atoms with van der Waals surface area (Å²) in [5.41, 5.74) is 1.30. The van der Waals surface area contributed by atoms with Gasteiger partial charge in [0.15, 0.2) is 0 Å². The number of hydrogen-bond donors (Lipinski definition) is 1. The highest BCUT2D eigenvalue weighted by molar-refractivity contribution is 7.88. The molecular formula is C15H14N2O4S. The average Bonchev–Trinajstić information content (AvgIpc) is 3.17. The second-order valence-corrected chi connectivity index (χ2v) is 6.51. The summed E-state index contributed by atoms with van der Waals surface area (Å²) in [6.45, 7) is 0.0903. The number of furan rings is 1. The van der Waals surface area contributed by atoms with Gasteiger partial charge in [-0.25, -0.2) is 13.1 Å². The summed E-state index contributed by atoms with van der Waals surface area (Å²) in [4.78, 5) is 0. The lowest BCUT2D eigenvalue weighted by Crippen LogP contribution is -2.24. The van der Waals surface area contributed by atoms with Crippen LogP contribution in [0.2, 0.25) is 0 Å². The van der Waals surface area contributed by atoms with E-state index in [-0.39, 0.29) is 12.3 Å². The van der Waals surface area contributed by atoms with Gasteiger partial charge in [-0.05, 0) is 12.1 Å². The Hall–Kier alpha value is -2.38. The molecule has 2 heterocycles. The molecule has 114 valence electrons. The van der Waals surface area contributed by atoms with Gasteiger partial charge in [0.2, 0.25) is 10.0 Å². The Morgan fingerprint density at radius 3 is 2.59 bits per heavy atom. The number of nitrogens with one attached hydrogen (secondary N) is 1. The Morgan fingerprint density at radius 2 is 1.86 bits per heavy atom. The van der Waals surface area contributed by atoms with Crippen LogP contribution in [0.1, 0.15) is 11.5 Å². The first-order valence-electron chi connectivity index (χ1n) is 6.63. The normalized spacial score (nSPS) is 11.6. The molecule has 0 atom stereocenters. The van der Waals surface area contributed by atoms with Gasteiger partial charge in [-0.1, -0.05) is 35.5 Å². The predicted octanol–water partition coefficient (Wildman–Crippen LogP) is 2.55. The maximum Gasteiger partial charge on any atom is 0.217 e. The molecule has 22 heavy (non-hydrogen) atoms. The Bertz CT molecular complexity index is 824. The smallest absolute Gasteiger partial charge is 0.217 e. The van der Waals surface area contributed by atoms with Gasteiger partial charge in [0, 0.05) is 11.6 Å². The zero-order valence-electron chi connectivity index (χ0n) is 11.6. The average molecular weight is 318 g/mol. The maximum absolute atomic E-state index is 11.9. The quantitative estimate of drug-likeness (QED) is 0.755. The number of benzene rings is 1. The van der Waals surface area contributed by atoms with E-state index in [1.54, 1.807) is 6.07 Å². The van der Waals surface area contributed by atoms with Gasteiger partial charge in [-0.15, -0.1) is 0 Å². The molecule has 3 aromatic rings. The summed E-state index contributed by atoms with van der Waals surface area (Å²) < 4.78 is 36.6. The molecule has 2 aromatic heterocycles. The highest BCUT2D eigenvalue weighted by atomic mass is 32.2. The van der Waals surface area contributed by atoms with Crippen molar-refractivity contribution in [3.05, 3.63) is 66.2 Å². The van der Waals surface area contributed by atoms with E-state index < -0.39 is 10.0 Å². The van der Waals surface area contributed by atoms with E-state index in [1.165, 1.54) is 12.3 Å². The predicted molar refractivity (Wildman–Crippen MR) is 80.1 cm³/mol. The molecule has 1 N–H and O–H groups in total. The Balaban J connectivity index is 1.63. The molecule has 0 radical (unpaired) electrons. The van der Waals surface area contributed by atoms with Crippen LogP contribution < -0.4 is 4.72 Å². The molecule has 1 aromatic carbocycles. The van der Waals surface area contributed by atoms with Crippen molar-refractivity contribution < 1.29 is 17.4 Å². The standard InChI is InChI=1S/C15H14N2O4S/c18-22(19,11-13-8-9-20-17-13)16-10-14-6-7-15(21-14)12-4-2-1-3-5-12/h1-9,16H,10-11H2. The second kappa shape index (κ2) is 6.17. The lowest BCUT2D eigenvalue weighted by atomic mass is 10.2. The minimum Gasteiger partial charge on any atom is -0.460 e. The Labute approximate surface area is 127 Å². The van der Waals surface area contributed by atoms with Crippen LogP contribution >= 0.6 is 0 Å². The minimum absolute atomic E-state index is 0.0903. The van der Waals surface area contributed by atoms with Crippen LogP contribution in [0.3, 0.4) is 0 Å². The second-order valence-electron chi connectivity index (χ2n) is 4.70. The number of aromatic nitrogens is 1. The van der Waals surface area contributed by atoms with Crippen LogP contribution in [0.25, 0.3) is 11.3 Å². The molecule has 0 saturated carbocycles. The minimum atomic E-state index is -3.49. The molecule has 0 aliphatic rings. The first kappa shape index (κ1) is 14.6. The first-order valence-corrected chi connectivity index (χ1v) is 8.28. The number of sulfonamides is 1. The molecule has 0 amide bonds. The van der Waals surface area contributed by atoms with Crippen LogP contribution in [-0.4, -0.2) is 13.6 Å². The highest BCUT2D eigenvalue weighted by Crippen LogP contribution is 2.21. The van der Waals surface area contributed by atoms with Crippen molar-refractivity contribution in [3.63, 3.8) is 0 Å². The molecule has 0 saturated heterocycles. The van der Waals surface area contributed by atoms with Crippen LogP contribution in [0.4, 0.5) is 0 Å². The molecule has 0 unspecified atom stereocenters. The third-order valence-corrected chi connectivity index (χ3v) is 4.28. The lowest BCUT2D eigenvalue weighted by Gasteiger charge is -2.03. The molecule has 0 fully saturated rings. The van der Waals surface area contributed by atoms with Crippen molar-refractivity contribution in [2.75, 3.05) is 0 Å². The zero-order chi connectivity index (χ0) is 15.4. The molecule has 7 heteroatoms. The van der Waals surface area contributed by atoms with Crippen LogP contribution in [0, 0.1) is 0 Å². The van der Waals surface area contributed by atoms with Gasteiger partial charge >= 0.3 is 0 Å². The van der Waals surface area contributed by atoms with E-state index in [1.807, 2.05) is 36.4 Å². The summed E-state index contributed by atoms with van der Waals surface area (Å²) in [6.07, 6.45) is 1.34. The zero-order valence-corrected chi connectivity index (χ0v) is 12.4. The number of rotatable bonds is 6. The molecule has 0 aliphatic heterocycles. The van der Waals surface area contributed by atoms with Crippen molar-refractivity contribution in [2.24, 2.45) is 0 Å². The molecule has 0 bridgehead atoms. The third-order valence-electron chi connectivity index (χ3n) is 3.02. The van der Waals surface area contributed by atoms with E-state index in [9.17, 15) is 8.42 Å². The Morgan fingerprint density at radius 1 is 1.05 bits per heavy atom. The SMILES string of the molecule is O=S(=O)(Cc1ccon1)NCc1ccc(-c2ccccc2)o1. The molecule has 3 rings (SSSR count). The van der Waals surface area contributed by atoms with Crippen LogP contribution in [0.5, 0.6) is 0 Å². The Kier molecular flexibility index (Phi) is 4.08. The van der Waals surface area contributed by atoms with E-state index in [0.29, 0.717) is 17.2 Å². The summed E-state index contributed by atoms with van der Waals surface area (Å²) in [5.74, 6) is 1.02. The number of nitrogens with zero attached hydrogens (tertiary/aromatic N) is 1. The fraction of sp³-hybridized carbons (Fsp3) is 0.133. The largest absolute Gasteiger partial charge is 0.460 e. The van der Waals surface area contributed by atoms with E-state index in [2.05, 4.69) is 14.4 Å². The summed E-state index contributed by atoms with van der Waals surface area (Å²) in [7, 11) is -3.49. The molecule has 0 aliphatic carbocycles. The fourth-order valence-electron chi connectivity index (χ4n) is 1.97. The maximum atomic E-state index is 11.9. The van der Waals surface area contributed by atoms with Gasteiger partial charge in [-0.2, -0.15) is 0 Å². The van der Waals surface area contributed by atoms with E-state index in [4.69, 9.17) is 4.42 Å². The third kappa shape index (κ3) is 3.63. The molecular weight excluding hydrogens is 304 g/mol. The molecule has 0 spiro atoms. The van der Waals surface area contributed by atoms with Gasteiger partial charge in [0.25, 0.3) is 0 Å². The van der Waals surface area contributed by atoms with Crippen molar-refractivity contribution in [1.82, 2.24) is 9.88 Å². The fourth-order valence-corrected chi connectivity index (χ4v) is 2.97. The monoisotopic (exact) mass is 318 g/mol.